The van der Waals surface area contributed by atoms with E-state index >= 15 is 0 Å². The second-order valence-corrected chi connectivity index (χ2v) is 8.57. The number of nitrogens with one attached hydrogen (secondary N) is 1. The number of nitrogens with zero attached hydrogens (tertiary/aromatic N) is 6. The molecule has 2 fully saturated rings. The van der Waals surface area contributed by atoms with Gasteiger partial charge in [0.25, 0.3) is 0 Å². The Morgan fingerprint density at radius 1 is 1.30 bits per heavy atom. The largest absolute Gasteiger partial charge is 0.357 e. The molecule has 2 aliphatic heterocycles. The van der Waals surface area contributed by atoms with Gasteiger partial charge in [0.2, 0.25) is 5.91 Å². The van der Waals surface area contributed by atoms with Crippen LogP contribution in [0.3, 0.4) is 0 Å². The lowest BCUT2D eigenvalue weighted by Crippen LogP contribution is -2.55. The maximum Gasteiger partial charge on any atom is 0.246 e. The van der Waals surface area contributed by atoms with E-state index in [2.05, 4.69) is 41.0 Å². The van der Waals surface area contributed by atoms with Crippen LogP contribution in [0.4, 0.5) is 5.69 Å². The van der Waals surface area contributed by atoms with E-state index in [0.717, 1.165) is 37.8 Å². The first-order chi connectivity index (χ1) is 14.0. The number of piperazine rings is 1. The molecule has 0 saturated carbocycles. The van der Waals surface area contributed by atoms with Gasteiger partial charge in [0.1, 0.15) is 6.54 Å². The van der Waals surface area contributed by atoms with E-state index in [1.54, 1.807) is 10.9 Å². The summed E-state index contributed by atoms with van der Waals surface area (Å²) < 4.78 is 1.73. The van der Waals surface area contributed by atoms with Crippen LogP contribution in [-0.2, 0) is 11.8 Å². The Bertz CT molecular complexity index is 705. The Morgan fingerprint density at radius 3 is 2.73 bits per heavy atom. The molecule has 1 aromatic rings. The molecular weight excluding hydrogens is 493 g/mol. The maximum absolute atomic E-state index is 12.8. The number of aryl methyl sites for hydroxylation is 1. The molecule has 1 aromatic heterocycles. The van der Waals surface area contributed by atoms with E-state index in [-0.39, 0.29) is 29.9 Å². The Hall–Kier alpha value is -1.36. The number of piperidine rings is 1. The minimum Gasteiger partial charge on any atom is -0.357 e. The van der Waals surface area contributed by atoms with Gasteiger partial charge < -0.3 is 15.1 Å². The van der Waals surface area contributed by atoms with Crippen molar-refractivity contribution in [3.63, 3.8) is 0 Å². The summed E-state index contributed by atoms with van der Waals surface area (Å²) in [5, 5.41) is 7.58. The molecule has 9 heteroatoms. The van der Waals surface area contributed by atoms with Crippen LogP contribution in [0.5, 0.6) is 0 Å². The SMILES string of the molecule is CCNC(=NCC1CCCCN1CC(C)C)N1CCN(c2cnn(C)c2)C(=O)C1.I. The predicted molar refractivity (Wildman–Crippen MR) is 133 cm³/mol. The van der Waals surface area contributed by atoms with E-state index in [0.29, 0.717) is 25.0 Å². The van der Waals surface area contributed by atoms with Gasteiger partial charge in [-0.2, -0.15) is 5.10 Å². The minimum absolute atomic E-state index is 0. The zero-order valence-electron chi connectivity index (χ0n) is 18.9. The lowest BCUT2D eigenvalue weighted by molar-refractivity contribution is -0.120. The van der Waals surface area contributed by atoms with Crippen LogP contribution in [0.25, 0.3) is 0 Å². The van der Waals surface area contributed by atoms with Crippen molar-refractivity contribution < 1.29 is 4.79 Å². The van der Waals surface area contributed by atoms with Gasteiger partial charge in [0, 0.05) is 45.5 Å². The summed E-state index contributed by atoms with van der Waals surface area (Å²) in [5.41, 5.74) is 0.866. The number of halogens is 1. The number of likely N-dealkylation sites (tertiary alicyclic amines) is 1. The lowest BCUT2D eigenvalue weighted by atomic mass is 10.0. The first-order valence-corrected chi connectivity index (χ1v) is 11.0. The molecule has 2 aliphatic rings. The third-order valence-corrected chi connectivity index (χ3v) is 5.66. The second kappa shape index (κ2) is 11.9. The first kappa shape index (κ1) is 24.9. The van der Waals surface area contributed by atoms with Crippen molar-refractivity contribution >= 4 is 41.5 Å². The fraction of sp³-hybridized carbons (Fsp3) is 0.762. The molecule has 0 radical (unpaired) electrons. The summed E-state index contributed by atoms with van der Waals surface area (Å²) in [4.78, 5) is 24.2. The molecule has 30 heavy (non-hydrogen) atoms. The molecular formula is C21H38IN7O. The average molecular weight is 531 g/mol. The molecule has 0 spiro atoms. The highest BCUT2D eigenvalue weighted by Crippen LogP contribution is 2.19. The summed E-state index contributed by atoms with van der Waals surface area (Å²) in [7, 11) is 1.87. The summed E-state index contributed by atoms with van der Waals surface area (Å²) in [6.45, 7) is 12.3. The van der Waals surface area contributed by atoms with E-state index < -0.39 is 0 Å². The molecule has 1 unspecified atom stereocenters. The number of rotatable bonds is 6. The Morgan fingerprint density at radius 2 is 2.10 bits per heavy atom. The van der Waals surface area contributed by atoms with E-state index in [4.69, 9.17) is 4.99 Å². The van der Waals surface area contributed by atoms with Crippen LogP contribution in [0.15, 0.2) is 17.4 Å². The zero-order valence-corrected chi connectivity index (χ0v) is 21.2. The van der Waals surface area contributed by atoms with Gasteiger partial charge >= 0.3 is 0 Å². The topological polar surface area (TPSA) is 69.0 Å². The van der Waals surface area contributed by atoms with Crippen LogP contribution in [0, 0.1) is 5.92 Å². The smallest absolute Gasteiger partial charge is 0.246 e. The number of amides is 1. The molecule has 2 saturated heterocycles. The van der Waals surface area contributed by atoms with Gasteiger partial charge in [-0.25, -0.2) is 0 Å². The quantitative estimate of drug-likeness (QED) is 0.346. The standard InChI is InChI=1S/C21H37N7O.HI/c1-5-22-21(23-12-18-8-6-7-9-26(18)14-17(2)3)27-10-11-28(20(29)16-27)19-13-24-25(4)15-19;/h13,15,17-18H,5-12,14,16H2,1-4H3,(H,22,23);1H. The average Bonchev–Trinajstić information content (AvgIpc) is 3.11. The lowest BCUT2D eigenvalue weighted by Gasteiger charge is -2.37. The van der Waals surface area contributed by atoms with Crippen molar-refractivity contribution in [2.24, 2.45) is 18.0 Å². The normalized spacial score (nSPS) is 21.2. The maximum atomic E-state index is 12.8. The molecule has 0 bridgehead atoms. The summed E-state index contributed by atoms with van der Waals surface area (Å²) in [6, 6.07) is 0.507. The highest BCUT2D eigenvalue weighted by molar-refractivity contribution is 14.0. The molecule has 1 atom stereocenters. The monoisotopic (exact) mass is 531 g/mol. The van der Waals surface area contributed by atoms with Crippen molar-refractivity contribution in [2.45, 2.75) is 46.1 Å². The molecule has 1 amide bonds. The number of aromatic nitrogens is 2. The Labute approximate surface area is 198 Å². The number of aliphatic imine (C=N–C) groups is 1. The van der Waals surface area contributed by atoms with Crippen LogP contribution >= 0.6 is 24.0 Å². The van der Waals surface area contributed by atoms with Crippen LogP contribution in [0.2, 0.25) is 0 Å². The van der Waals surface area contributed by atoms with Gasteiger partial charge in [0.15, 0.2) is 5.96 Å². The second-order valence-electron chi connectivity index (χ2n) is 8.57. The minimum atomic E-state index is 0. The third kappa shape index (κ3) is 6.57. The van der Waals surface area contributed by atoms with Gasteiger partial charge in [0.05, 0.1) is 18.4 Å². The molecule has 3 heterocycles. The predicted octanol–water partition coefficient (Wildman–Crippen LogP) is 2.16. The number of carbonyl (C=O) groups excluding carboxylic acids is 1. The van der Waals surface area contributed by atoms with Crippen molar-refractivity contribution in [1.82, 2.24) is 24.9 Å². The Balaban J connectivity index is 0.00000320. The number of anilines is 1. The fourth-order valence-electron chi connectivity index (χ4n) is 4.27. The third-order valence-electron chi connectivity index (χ3n) is 5.66. The number of hydrogen-bond donors (Lipinski definition) is 1. The highest BCUT2D eigenvalue weighted by Gasteiger charge is 2.28. The van der Waals surface area contributed by atoms with Crippen LogP contribution in [-0.4, -0.2) is 83.3 Å². The number of guanidine groups is 1. The summed E-state index contributed by atoms with van der Waals surface area (Å²) in [6.07, 6.45) is 7.42. The van der Waals surface area contributed by atoms with Gasteiger partial charge in [-0.05, 0) is 32.2 Å². The summed E-state index contributed by atoms with van der Waals surface area (Å²) >= 11 is 0. The molecule has 3 rings (SSSR count). The van der Waals surface area contributed by atoms with Crippen molar-refractivity contribution in [2.75, 3.05) is 50.7 Å². The van der Waals surface area contributed by atoms with Gasteiger partial charge in [-0.15, -0.1) is 24.0 Å². The molecule has 1 N–H and O–H groups in total. The number of carbonyl (C=O) groups is 1. The van der Waals surface area contributed by atoms with Gasteiger partial charge in [-0.1, -0.05) is 20.3 Å². The molecule has 8 nitrogen and oxygen atoms in total. The number of hydrogen-bond acceptors (Lipinski definition) is 4. The first-order valence-electron chi connectivity index (χ1n) is 11.0. The highest BCUT2D eigenvalue weighted by atomic mass is 127. The van der Waals surface area contributed by atoms with Crippen LogP contribution < -0.4 is 10.2 Å². The van der Waals surface area contributed by atoms with E-state index in [9.17, 15) is 4.79 Å². The van der Waals surface area contributed by atoms with Crippen molar-refractivity contribution in [3.05, 3.63) is 12.4 Å². The zero-order chi connectivity index (χ0) is 20.8. The molecule has 0 aliphatic carbocycles. The summed E-state index contributed by atoms with van der Waals surface area (Å²) in [5.74, 6) is 1.63. The van der Waals surface area contributed by atoms with Crippen LogP contribution in [0.1, 0.15) is 40.0 Å². The van der Waals surface area contributed by atoms with Gasteiger partial charge in [-0.3, -0.25) is 19.4 Å². The fourth-order valence-corrected chi connectivity index (χ4v) is 4.27. The van der Waals surface area contributed by atoms with E-state index in [1.165, 1.54) is 25.8 Å². The van der Waals surface area contributed by atoms with E-state index in [1.807, 2.05) is 18.1 Å². The Kier molecular flexibility index (Phi) is 9.86. The van der Waals surface area contributed by atoms with Crippen molar-refractivity contribution in [3.8, 4) is 0 Å². The molecule has 170 valence electrons. The molecule has 0 aromatic carbocycles. The van der Waals surface area contributed by atoms with Crippen molar-refractivity contribution in [1.29, 1.82) is 0 Å².